The number of ether oxygens (including phenoxy) is 1. The third-order valence-electron chi connectivity index (χ3n) is 7.58. The summed E-state index contributed by atoms with van der Waals surface area (Å²) < 4.78 is 20.9. The summed E-state index contributed by atoms with van der Waals surface area (Å²) >= 11 is 0. The summed E-state index contributed by atoms with van der Waals surface area (Å²) in [5.41, 5.74) is 14.0. The van der Waals surface area contributed by atoms with Crippen LogP contribution in [0.2, 0.25) is 0 Å². The number of carbonyl (C=O) groups is 1. The summed E-state index contributed by atoms with van der Waals surface area (Å²) in [6.45, 7) is 13.2. The quantitative estimate of drug-likeness (QED) is 0.330. The van der Waals surface area contributed by atoms with E-state index < -0.39 is 12.7 Å². The number of aryl methyl sites for hydroxylation is 1. The van der Waals surface area contributed by atoms with Gasteiger partial charge in [-0.15, -0.1) is 0 Å². The summed E-state index contributed by atoms with van der Waals surface area (Å²) in [4.78, 5) is 21.6. The number of benzene rings is 2. The van der Waals surface area contributed by atoms with Gasteiger partial charge in [-0.05, 0) is 69.5 Å². The molecule has 7 nitrogen and oxygen atoms in total. The van der Waals surface area contributed by atoms with Gasteiger partial charge >= 0.3 is 0 Å². The summed E-state index contributed by atoms with van der Waals surface area (Å²) in [5, 5.41) is 1.05. The van der Waals surface area contributed by atoms with Crippen LogP contribution in [0.15, 0.2) is 59.7 Å². The van der Waals surface area contributed by atoms with E-state index in [-0.39, 0.29) is 12.5 Å². The summed E-state index contributed by atoms with van der Waals surface area (Å²) in [7, 11) is 3.68. The normalized spacial score (nSPS) is 14.9. The average molecular weight is 546 g/mol. The van der Waals surface area contributed by atoms with Gasteiger partial charge in [0.1, 0.15) is 12.4 Å². The van der Waals surface area contributed by atoms with Crippen molar-refractivity contribution in [1.82, 2.24) is 9.47 Å². The van der Waals surface area contributed by atoms with Crippen molar-refractivity contribution in [2.45, 2.75) is 46.7 Å². The van der Waals surface area contributed by atoms with Crippen LogP contribution in [0.1, 0.15) is 48.0 Å². The van der Waals surface area contributed by atoms with E-state index in [0.29, 0.717) is 25.1 Å². The maximum absolute atomic E-state index is 13.1. The lowest BCUT2D eigenvalue weighted by molar-refractivity contribution is 0.0724. The number of aromatic nitrogens is 1. The highest BCUT2D eigenvalue weighted by atomic mass is 19.1. The number of nitrogens with zero attached hydrogens (tertiary/aromatic N) is 4. The van der Waals surface area contributed by atoms with Crippen LogP contribution in [-0.2, 0) is 13.0 Å². The Hall–Kier alpha value is -3.91. The van der Waals surface area contributed by atoms with Gasteiger partial charge in [0.15, 0.2) is 0 Å². The zero-order valence-corrected chi connectivity index (χ0v) is 24.4. The molecule has 1 amide bonds. The first kappa shape index (κ1) is 29.1. The summed E-state index contributed by atoms with van der Waals surface area (Å²) in [5.74, 6) is 0.690. The number of anilines is 1. The van der Waals surface area contributed by atoms with Gasteiger partial charge in [-0.2, -0.15) is 0 Å². The Morgan fingerprint density at radius 3 is 2.73 bits per heavy atom. The van der Waals surface area contributed by atoms with Gasteiger partial charge in [0.25, 0.3) is 5.91 Å². The maximum atomic E-state index is 13.1. The molecule has 3 aromatic rings. The zero-order chi connectivity index (χ0) is 29.1. The fourth-order valence-electron chi connectivity index (χ4n) is 5.35. The van der Waals surface area contributed by atoms with Crippen molar-refractivity contribution in [2.75, 3.05) is 38.8 Å². The topological polar surface area (TPSA) is 76.1 Å². The molecule has 0 fully saturated rings. The molecule has 2 N–H and O–H groups in total. The van der Waals surface area contributed by atoms with Gasteiger partial charge in [0.05, 0.1) is 36.6 Å². The van der Waals surface area contributed by atoms with E-state index >= 15 is 0 Å². The van der Waals surface area contributed by atoms with Crippen LogP contribution in [0.3, 0.4) is 0 Å². The van der Waals surface area contributed by atoms with Crippen LogP contribution >= 0.6 is 0 Å². The number of para-hydroxylation sites is 1. The van der Waals surface area contributed by atoms with Crippen LogP contribution in [0.25, 0.3) is 16.6 Å². The molecule has 0 radical (unpaired) electrons. The van der Waals surface area contributed by atoms with E-state index in [1.165, 1.54) is 0 Å². The minimum absolute atomic E-state index is 0.0975. The molecule has 8 heteroatoms. The highest BCUT2D eigenvalue weighted by Crippen LogP contribution is 2.36. The highest BCUT2D eigenvalue weighted by Gasteiger charge is 2.28. The molecule has 2 heterocycles. The van der Waals surface area contributed by atoms with Gasteiger partial charge in [-0.3, -0.25) is 9.79 Å². The monoisotopic (exact) mass is 545 g/mol. The van der Waals surface area contributed by atoms with E-state index in [0.717, 1.165) is 56.3 Å². The Morgan fingerprint density at radius 1 is 1.30 bits per heavy atom. The first-order valence-corrected chi connectivity index (χ1v) is 13.6. The largest absolute Gasteiger partial charge is 0.495 e. The van der Waals surface area contributed by atoms with Crippen molar-refractivity contribution < 1.29 is 13.9 Å². The molecule has 0 aliphatic carbocycles. The Bertz CT molecular complexity index is 1500. The van der Waals surface area contributed by atoms with Crippen molar-refractivity contribution in [3.63, 3.8) is 0 Å². The maximum Gasteiger partial charge on any atom is 0.254 e. The highest BCUT2D eigenvalue weighted by molar-refractivity contribution is 5.98. The van der Waals surface area contributed by atoms with Crippen LogP contribution < -0.4 is 15.4 Å². The summed E-state index contributed by atoms with van der Waals surface area (Å²) in [6, 6.07) is 11.5. The van der Waals surface area contributed by atoms with E-state index in [9.17, 15) is 9.18 Å². The number of carbonyl (C=O) groups excluding carboxylic acids is 1. The molecule has 0 saturated carbocycles. The molecule has 1 unspecified atom stereocenters. The van der Waals surface area contributed by atoms with Crippen molar-refractivity contribution in [2.24, 2.45) is 10.7 Å². The molecule has 4 rings (SSSR count). The standard InChI is InChI=1S/C32H40FN5O2/c1-8-21(3)35-22(4)18-38-29(16-25-10-9-11-30(40-7)31(25)38)23(5)36(6)28-15-24-12-13-37(19-26(34)17-33)32(39)27(24)14-20(28)2/h8-11,14-16,26H,5,12-13,17-19,34H2,1-4,6-7H3/b21-8-,35-22?. The number of halogens is 1. The first-order chi connectivity index (χ1) is 19.1. The molecule has 0 saturated heterocycles. The fraction of sp³-hybridized carbons (Fsp3) is 0.375. The van der Waals surface area contributed by atoms with Crippen LogP contribution in [0, 0.1) is 6.92 Å². The lowest BCUT2D eigenvalue weighted by Crippen LogP contribution is -2.45. The second-order valence-corrected chi connectivity index (χ2v) is 10.5. The molecular formula is C32H40FN5O2. The molecule has 1 atom stereocenters. The van der Waals surface area contributed by atoms with E-state index in [1.54, 1.807) is 12.0 Å². The second-order valence-electron chi connectivity index (χ2n) is 10.5. The minimum Gasteiger partial charge on any atom is -0.495 e. The van der Waals surface area contributed by atoms with E-state index in [4.69, 9.17) is 15.5 Å². The van der Waals surface area contributed by atoms with Gasteiger partial charge in [-0.1, -0.05) is 24.8 Å². The lowest BCUT2D eigenvalue weighted by atomic mass is 9.95. The first-order valence-electron chi connectivity index (χ1n) is 13.6. The molecule has 1 aromatic heterocycles. The van der Waals surface area contributed by atoms with Gasteiger partial charge < -0.3 is 24.8 Å². The number of allylic oxidation sites excluding steroid dienone is 2. The van der Waals surface area contributed by atoms with Crippen molar-refractivity contribution in [3.8, 4) is 5.75 Å². The van der Waals surface area contributed by atoms with E-state index in [1.807, 2.05) is 59.0 Å². The number of fused-ring (bicyclic) bond motifs is 2. The lowest BCUT2D eigenvalue weighted by Gasteiger charge is -2.32. The Balaban J connectivity index is 1.73. The number of alkyl halides is 1. The number of hydrogen-bond donors (Lipinski definition) is 1. The number of nitrogens with two attached hydrogens (primary N) is 1. The van der Waals surface area contributed by atoms with Crippen molar-refractivity contribution in [3.05, 3.63) is 77.1 Å². The summed E-state index contributed by atoms with van der Waals surface area (Å²) in [6.07, 6.45) is 2.68. The molecule has 0 spiro atoms. The van der Waals surface area contributed by atoms with Crippen LogP contribution in [0.4, 0.5) is 10.1 Å². The minimum atomic E-state index is -0.665. The smallest absolute Gasteiger partial charge is 0.254 e. The fourth-order valence-corrected chi connectivity index (χ4v) is 5.35. The van der Waals surface area contributed by atoms with Gasteiger partial charge in [-0.25, -0.2) is 4.39 Å². The molecule has 0 bridgehead atoms. The zero-order valence-electron chi connectivity index (χ0n) is 24.4. The molecule has 40 heavy (non-hydrogen) atoms. The van der Waals surface area contributed by atoms with Crippen molar-refractivity contribution >= 4 is 33.9 Å². The van der Waals surface area contributed by atoms with Gasteiger partial charge in [0, 0.05) is 48.2 Å². The van der Waals surface area contributed by atoms with Gasteiger partial charge in [0.2, 0.25) is 0 Å². The Kier molecular flexibility index (Phi) is 8.79. The molecule has 1 aliphatic heterocycles. The number of hydrogen-bond acceptors (Lipinski definition) is 5. The predicted octanol–water partition coefficient (Wildman–Crippen LogP) is 5.75. The Labute approximate surface area is 236 Å². The molecule has 2 aromatic carbocycles. The Morgan fingerprint density at radius 2 is 2.05 bits per heavy atom. The molecule has 1 aliphatic rings. The molecule has 212 valence electrons. The predicted molar refractivity (Wildman–Crippen MR) is 163 cm³/mol. The number of rotatable bonds is 10. The van der Waals surface area contributed by atoms with Crippen molar-refractivity contribution in [1.29, 1.82) is 0 Å². The van der Waals surface area contributed by atoms with E-state index in [2.05, 4.69) is 34.2 Å². The third-order valence-corrected chi connectivity index (χ3v) is 7.58. The average Bonchev–Trinajstić information content (AvgIpc) is 3.31. The number of methoxy groups -OCH3 is 1. The third kappa shape index (κ3) is 5.68. The molecular weight excluding hydrogens is 505 g/mol. The van der Waals surface area contributed by atoms with Crippen LogP contribution in [0.5, 0.6) is 5.75 Å². The number of aliphatic imine (C=N–C) groups is 1. The van der Waals surface area contributed by atoms with Crippen LogP contribution in [-0.4, -0.2) is 61.0 Å². The SMILES string of the molecule is C=C(c1cc2cccc(OC)c2n1CC(C)=N/C(C)=C\C)N(C)c1cc2c(cc1C)C(=O)N(CC(N)CF)CC2. The number of amides is 1. The second kappa shape index (κ2) is 12.1.